The zero-order chi connectivity index (χ0) is 9.10. The van der Waals surface area contributed by atoms with Crippen molar-refractivity contribution in [1.29, 1.82) is 0 Å². The van der Waals surface area contributed by atoms with Gasteiger partial charge in [0.2, 0.25) is 0 Å². The van der Waals surface area contributed by atoms with Crippen LogP contribution in [0.1, 0.15) is 32.6 Å². The third kappa shape index (κ3) is 2.44. The molecule has 0 aromatic heterocycles. The van der Waals surface area contributed by atoms with Gasteiger partial charge in [0.25, 0.3) is 0 Å². The Bertz CT molecular complexity index is 146. The summed E-state index contributed by atoms with van der Waals surface area (Å²) in [6.45, 7) is 7.61. The summed E-state index contributed by atoms with van der Waals surface area (Å²) >= 11 is 0. The van der Waals surface area contributed by atoms with Crippen molar-refractivity contribution in [3.05, 3.63) is 0 Å². The van der Waals surface area contributed by atoms with Crippen molar-refractivity contribution in [2.24, 2.45) is 5.92 Å². The molecule has 76 valence electrons. The first-order valence-electron chi connectivity index (χ1n) is 5.84. The van der Waals surface area contributed by atoms with Crippen molar-refractivity contribution >= 4 is 0 Å². The zero-order valence-electron chi connectivity index (χ0n) is 8.76. The van der Waals surface area contributed by atoms with Crippen LogP contribution in [0.3, 0.4) is 0 Å². The summed E-state index contributed by atoms with van der Waals surface area (Å²) < 4.78 is 0. The van der Waals surface area contributed by atoms with E-state index in [9.17, 15) is 0 Å². The van der Waals surface area contributed by atoms with E-state index in [4.69, 9.17) is 0 Å². The fourth-order valence-electron chi connectivity index (χ4n) is 2.46. The maximum Gasteiger partial charge on any atom is 0.00797 e. The van der Waals surface area contributed by atoms with E-state index >= 15 is 0 Å². The Balaban J connectivity index is 1.54. The van der Waals surface area contributed by atoms with Crippen LogP contribution in [-0.4, -0.2) is 37.1 Å². The molecule has 1 N–H and O–H groups in total. The molecule has 2 fully saturated rings. The van der Waals surface area contributed by atoms with Crippen LogP contribution < -0.4 is 5.32 Å². The third-order valence-electron chi connectivity index (χ3n) is 3.57. The Morgan fingerprint density at radius 1 is 1.38 bits per heavy atom. The van der Waals surface area contributed by atoms with Crippen LogP contribution in [-0.2, 0) is 0 Å². The van der Waals surface area contributed by atoms with Gasteiger partial charge in [0.1, 0.15) is 0 Å². The minimum Gasteiger partial charge on any atom is -0.314 e. The molecular formula is C11H22N2. The summed E-state index contributed by atoms with van der Waals surface area (Å²) in [5, 5.41) is 3.56. The van der Waals surface area contributed by atoms with Gasteiger partial charge in [-0.15, -0.1) is 0 Å². The normalized spacial score (nSPS) is 30.7. The zero-order valence-corrected chi connectivity index (χ0v) is 8.76. The molecule has 0 radical (unpaired) electrons. The summed E-state index contributed by atoms with van der Waals surface area (Å²) in [6.07, 6.45) is 5.54. The van der Waals surface area contributed by atoms with Crippen LogP contribution in [0, 0.1) is 5.92 Å². The highest BCUT2D eigenvalue weighted by atomic mass is 15.2. The summed E-state index contributed by atoms with van der Waals surface area (Å²) in [6, 6.07) is 0.834. The van der Waals surface area contributed by atoms with E-state index in [1.54, 1.807) is 0 Å². The summed E-state index contributed by atoms with van der Waals surface area (Å²) in [4.78, 5) is 2.61. The summed E-state index contributed by atoms with van der Waals surface area (Å²) in [5.41, 5.74) is 0. The fourth-order valence-corrected chi connectivity index (χ4v) is 2.46. The molecule has 2 nitrogen and oxygen atoms in total. The largest absolute Gasteiger partial charge is 0.314 e. The highest BCUT2D eigenvalue weighted by molar-refractivity contribution is 4.81. The molecule has 1 unspecified atom stereocenters. The van der Waals surface area contributed by atoms with Crippen LogP contribution >= 0.6 is 0 Å². The molecule has 1 atom stereocenters. The van der Waals surface area contributed by atoms with Gasteiger partial charge in [0.05, 0.1) is 0 Å². The lowest BCUT2D eigenvalue weighted by Gasteiger charge is -2.39. The van der Waals surface area contributed by atoms with E-state index in [1.165, 1.54) is 51.9 Å². The molecule has 13 heavy (non-hydrogen) atoms. The molecule has 2 heterocycles. The predicted molar refractivity (Wildman–Crippen MR) is 55.9 cm³/mol. The van der Waals surface area contributed by atoms with E-state index in [2.05, 4.69) is 17.1 Å². The molecule has 2 aliphatic rings. The number of hydrogen-bond acceptors (Lipinski definition) is 2. The number of nitrogens with one attached hydrogen (secondary N) is 1. The van der Waals surface area contributed by atoms with Crippen LogP contribution in [0.4, 0.5) is 0 Å². The van der Waals surface area contributed by atoms with E-state index in [-0.39, 0.29) is 0 Å². The molecule has 0 aromatic carbocycles. The number of likely N-dealkylation sites (tertiary alicyclic amines) is 1. The topological polar surface area (TPSA) is 15.3 Å². The van der Waals surface area contributed by atoms with Gasteiger partial charge in [-0.25, -0.2) is 0 Å². The molecule has 0 aromatic rings. The Morgan fingerprint density at radius 2 is 2.23 bits per heavy atom. The molecule has 0 bridgehead atoms. The second-order valence-corrected chi connectivity index (χ2v) is 4.62. The maximum atomic E-state index is 3.56. The quantitative estimate of drug-likeness (QED) is 0.708. The van der Waals surface area contributed by atoms with Gasteiger partial charge >= 0.3 is 0 Å². The van der Waals surface area contributed by atoms with Crippen molar-refractivity contribution in [1.82, 2.24) is 10.2 Å². The van der Waals surface area contributed by atoms with Gasteiger partial charge in [-0.3, -0.25) is 0 Å². The molecule has 0 saturated carbocycles. The Hall–Kier alpha value is -0.0800. The highest BCUT2D eigenvalue weighted by Gasteiger charge is 2.25. The standard InChI is InChI=1S/C11H22N2/c1-2-10-8-13(9-10)7-5-11-4-3-6-12-11/h10-12H,2-9H2,1H3. The number of rotatable bonds is 4. The first kappa shape index (κ1) is 9.47. The summed E-state index contributed by atoms with van der Waals surface area (Å²) in [7, 11) is 0. The number of nitrogens with zero attached hydrogens (tertiary/aromatic N) is 1. The van der Waals surface area contributed by atoms with Crippen molar-refractivity contribution < 1.29 is 0 Å². The molecule has 0 amide bonds. The lowest BCUT2D eigenvalue weighted by atomic mass is 9.97. The second-order valence-electron chi connectivity index (χ2n) is 4.62. The van der Waals surface area contributed by atoms with Crippen LogP contribution in [0.25, 0.3) is 0 Å². The average Bonchev–Trinajstić information content (AvgIpc) is 2.54. The Labute approximate surface area is 81.7 Å². The van der Waals surface area contributed by atoms with Crippen molar-refractivity contribution in [3.8, 4) is 0 Å². The molecule has 2 heteroatoms. The molecule has 2 rings (SSSR count). The fraction of sp³-hybridized carbons (Fsp3) is 1.00. The van der Waals surface area contributed by atoms with E-state index in [0.29, 0.717) is 0 Å². The van der Waals surface area contributed by atoms with Crippen molar-refractivity contribution in [2.45, 2.75) is 38.6 Å². The Morgan fingerprint density at radius 3 is 2.85 bits per heavy atom. The van der Waals surface area contributed by atoms with Gasteiger partial charge < -0.3 is 10.2 Å². The van der Waals surface area contributed by atoms with E-state index in [0.717, 1.165) is 12.0 Å². The van der Waals surface area contributed by atoms with Crippen molar-refractivity contribution in [2.75, 3.05) is 26.2 Å². The monoisotopic (exact) mass is 182 g/mol. The predicted octanol–water partition coefficient (Wildman–Crippen LogP) is 1.47. The van der Waals surface area contributed by atoms with E-state index in [1.807, 2.05) is 0 Å². The highest BCUT2D eigenvalue weighted by Crippen LogP contribution is 2.19. The first-order chi connectivity index (χ1) is 6.38. The molecular weight excluding hydrogens is 160 g/mol. The van der Waals surface area contributed by atoms with Crippen LogP contribution in [0.5, 0.6) is 0 Å². The van der Waals surface area contributed by atoms with Crippen LogP contribution in [0.15, 0.2) is 0 Å². The van der Waals surface area contributed by atoms with Gasteiger partial charge in [0, 0.05) is 19.1 Å². The minimum absolute atomic E-state index is 0.834. The Kier molecular flexibility index (Phi) is 3.23. The van der Waals surface area contributed by atoms with E-state index < -0.39 is 0 Å². The maximum absolute atomic E-state index is 3.56. The molecule has 2 saturated heterocycles. The summed E-state index contributed by atoms with van der Waals surface area (Å²) in [5.74, 6) is 1.01. The number of hydrogen-bond donors (Lipinski definition) is 1. The lowest BCUT2D eigenvalue weighted by Crippen LogP contribution is -2.47. The lowest BCUT2D eigenvalue weighted by molar-refractivity contribution is 0.0936. The van der Waals surface area contributed by atoms with Crippen molar-refractivity contribution in [3.63, 3.8) is 0 Å². The smallest absolute Gasteiger partial charge is 0.00797 e. The minimum atomic E-state index is 0.834. The first-order valence-corrected chi connectivity index (χ1v) is 5.84. The average molecular weight is 182 g/mol. The van der Waals surface area contributed by atoms with Gasteiger partial charge in [-0.05, 0) is 38.3 Å². The molecule has 0 aliphatic carbocycles. The van der Waals surface area contributed by atoms with Gasteiger partial charge in [0.15, 0.2) is 0 Å². The van der Waals surface area contributed by atoms with Crippen LogP contribution in [0.2, 0.25) is 0 Å². The second kappa shape index (κ2) is 4.43. The molecule has 0 spiro atoms. The third-order valence-corrected chi connectivity index (χ3v) is 3.57. The van der Waals surface area contributed by atoms with Gasteiger partial charge in [-0.1, -0.05) is 13.3 Å². The SMILES string of the molecule is CCC1CN(CCC2CCCN2)C1. The molecule has 2 aliphatic heterocycles. The van der Waals surface area contributed by atoms with Gasteiger partial charge in [-0.2, -0.15) is 0 Å².